The van der Waals surface area contributed by atoms with E-state index in [1.165, 1.54) is 16.7 Å². The Morgan fingerprint density at radius 2 is 1.86 bits per heavy atom. The second-order valence-corrected chi connectivity index (χ2v) is 7.86. The highest BCUT2D eigenvalue weighted by Crippen LogP contribution is 2.32. The molecule has 28 heavy (non-hydrogen) atoms. The second kappa shape index (κ2) is 9.03. The smallest absolute Gasteiger partial charge is 0.266 e. The minimum absolute atomic E-state index is 0.112. The Bertz CT molecular complexity index is 922. The molecule has 7 heteroatoms. The number of benzene rings is 2. The summed E-state index contributed by atoms with van der Waals surface area (Å²) in [6, 6.07) is 14.9. The summed E-state index contributed by atoms with van der Waals surface area (Å²) in [6.45, 7) is 4.39. The van der Waals surface area contributed by atoms with Crippen LogP contribution in [-0.4, -0.2) is 34.2 Å². The van der Waals surface area contributed by atoms with E-state index in [0.29, 0.717) is 21.5 Å². The third kappa shape index (κ3) is 4.99. The van der Waals surface area contributed by atoms with Gasteiger partial charge in [-0.05, 0) is 49.8 Å². The summed E-state index contributed by atoms with van der Waals surface area (Å²) in [7, 11) is 0. The number of thiocarbonyl (C=S) groups is 1. The molecule has 0 atom stereocenters. The molecule has 0 radical (unpaired) electrons. The van der Waals surface area contributed by atoms with E-state index in [9.17, 15) is 9.59 Å². The van der Waals surface area contributed by atoms with Gasteiger partial charge in [0.25, 0.3) is 5.91 Å². The minimum Gasteiger partial charge on any atom is -0.494 e. The quantitative estimate of drug-likeness (QED) is 0.568. The summed E-state index contributed by atoms with van der Waals surface area (Å²) in [5, 5.41) is 2.78. The molecule has 1 N–H and O–H groups in total. The third-order valence-electron chi connectivity index (χ3n) is 4.00. The van der Waals surface area contributed by atoms with E-state index in [2.05, 4.69) is 5.32 Å². The Hall–Kier alpha value is -2.64. The van der Waals surface area contributed by atoms with Crippen LogP contribution < -0.4 is 10.1 Å². The molecule has 1 fully saturated rings. The van der Waals surface area contributed by atoms with Crippen LogP contribution in [0.25, 0.3) is 6.08 Å². The maximum Gasteiger partial charge on any atom is 0.266 e. The Balaban J connectivity index is 1.65. The van der Waals surface area contributed by atoms with Gasteiger partial charge in [0, 0.05) is 5.69 Å². The number of anilines is 1. The molecule has 3 rings (SSSR count). The molecule has 1 aliphatic rings. The number of rotatable bonds is 6. The zero-order valence-electron chi connectivity index (χ0n) is 15.6. The van der Waals surface area contributed by atoms with Crippen LogP contribution in [0.3, 0.4) is 0 Å². The molecule has 2 aromatic carbocycles. The van der Waals surface area contributed by atoms with E-state index in [0.717, 1.165) is 16.9 Å². The fourth-order valence-electron chi connectivity index (χ4n) is 2.60. The molecule has 2 amide bonds. The third-order valence-corrected chi connectivity index (χ3v) is 5.38. The van der Waals surface area contributed by atoms with Crippen molar-refractivity contribution in [1.29, 1.82) is 0 Å². The molecule has 0 unspecified atom stereocenters. The SMILES string of the molecule is CCOc1ccc(C=C2SC(=S)N(CC(=O)Nc3ccc(C)cc3)C2=O)cc1. The first kappa shape index (κ1) is 20.1. The number of hydrogen-bond donors (Lipinski definition) is 1. The van der Waals surface area contributed by atoms with Crippen molar-refractivity contribution in [1.82, 2.24) is 4.90 Å². The van der Waals surface area contributed by atoms with Gasteiger partial charge >= 0.3 is 0 Å². The lowest BCUT2D eigenvalue weighted by atomic mass is 10.2. The highest BCUT2D eigenvalue weighted by molar-refractivity contribution is 8.26. The van der Waals surface area contributed by atoms with Crippen molar-refractivity contribution >= 4 is 51.9 Å². The number of aryl methyl sites for hydroxylation is 1. The largest absolute Gasteiger partial charge is 0.494 e. The summed E-state index contributed by atoms with van der Waals surface area (Å²) >= 11 is 6.49. The number of hydrogen-bond acceptors (Lipinski definition) is 5. The van der Waals surface area contributed by atoms with Crippen molar-refractivity contribution in [3.05, 3.63) is 64.6 Å². The Morgan fingerprint density at radius 1 is 1.18 bits per heavy atom. The fourth-order valence-corrected chi connectivity index (χ4v) is 3.85. The predicted molar refractivity (Wildman–Crippen MR) is 117 cm³/mol. The summed E-state index contributed by atoms with van der Waals surface area (Å²) < 4.78 is 5.79. The number of carbonyl (C=O) groups excluding carboxylic acids is 2. The van der Waals surface area contributed by atoms with Crippen molar-refractivity contribution in [3.63, 3.8) is 0 Å². The van der Waals surface area contributed by atoms with Crippen LogP contribution in [0.4, 0.5) is 5.69 Å². The lowest BCUT2D eigenvalue weighted by molar-refractivity contribution is -0.126. The summed E-state index contributed by atoms with van der Waals surface area (Å²) in [6.07, 6.45) is 1.77. The molecule has 0 spiro atoms. The lowest BCUT2D eigenvalue weighted by Crippen LogP contribution is -2.36. The maximum atomic E-state index is 12.7. The summed E-state index contributed by atoms with van der Waals surface area (Å²) in [5.74, 6) is 0.227. The molecule has 0 bridgehead atoms. The van der Waals surface area contributed by atoms with E-state index < -0.39 is 0 Å². The van der Waals surface area contributed by atoms with Crippen molar-refractivity contribution in [2.24, 2.45) is 0 Å². The summed E-state index contributed by atoms with van der Waals surface area (Å²) in [4.78, 5) is 26.8. The van der Waals surface area contributed by atoms with E-state index >= 15 is 0 Å². The van der Waals surface area contributed by atoms with Crippen molar-refractivity contribution < 1.29 is 14.3 Å². The molecule has 1 heterocycles. The van der Waals surface area contributed by atoms with Crippen LogP contribution in [0.15, 0.2) is 53.4 Å². The number of ether oxygens (including phenoxy) is 1. The maximum absolute atomic E-state index is 12.7. The van der Waals surface area contributed by atoms with Gasteiger partial charge in [0.2, 0.25) is 5.91 Å². The van der Waals surface area contributed by atoms with Gasteiger partial charge in [-0.1, -0.05) is 53.8 Å². The zero-order valence-corrected chi connectivity index (χ0v) is 17.2. The molecule has 1 aliphatic heterocycles. The molecule has 5 nitrogen and oxygen atoms in total. The van der Waals surface area contributed by atoms with Crippen LogP contribution in [-0.2, 0) is 9.59 Å². The van der Waals surface area contributed by atoms with Gasteiger partial charge < -0.3 is 10.1 Å². The number of carbonyl (C=O) groups is 2. The molecule has 0 saturated carbocycles. The Morgan fingerprint density at radius 3 is 2.50 bits per heavy atom. The van der Waals surface area contributed by atoms with Crippen LogP contribution >= 0.6 is 24.0 Å². The number of amides is 2. The van der Waals surface area contributed by atoms with Gasteiger partial charge in [-0.25, -0.2) is 0 Å². The first-order chi connectivity index (χ1) is 13.5. The summed E-state index contributed by atoms with van der Waals surface area (Å²) in [5.41, 5.74) is 2.66. The number of nitrogens with zero attached hydrogens (tertiary/aromatic N) is 1. The van der Waals surface area contributed by atoms with Crippen LogP contribution in [0.5, 0.6) is 5.75 Å². The van der Waals surface area contributed by atoms with Crippen LogP contribution in [0, 0.1) is 6.92 Å². The highest BCUT2D eigenvalue weighted by atomic mass is 32.2. The molecule has 144 valence electrons. The number of thioether (sulfide) groups is 1. The molecule has 0 aliphatic carbocycles. The zero-order chi connectivity index (χ0) is 20.1. The van der Waals surface area contributed by atoms with Gasteiger partial charge in [-0.2, -0.15) is 0 Å². The first-order valence-corrected chi connectivity index (χ1v) is 10.0. The van der Waals surface area contributed by atoms with Gasteiger partial charge in [-0.3, -0.25) is 14.5 Å². The normalized spacial score (nSPS) is 15.2. The average molecular weight is 413 g/mol. The number of nitrogens with one attached hydrogen (secondary N) is 1. The lowest BCUT2D eigenvalue weighted by Gasteiger charge is -2.14. The van der Waals surface area contributed by atoms with E-state index in [-0.39, 0.29) is 18.4 Å². The van der Waals surface area contributed by atoms with Crippen LogP contribution in [0.2, 0.25) is 0 Å². The fraction of sp³-hybridized carbons (Fsp3) is 0.190. The van der Waals surface area contributed by atoms with Gasteiger partial charge in [-0.15, -0.1) is 0 Å². The molecule has 1 saturated heterocycles. The second-order valence-electron chi connectivity index (χ2n) is 6.18. The molecule has 0 aromatic heterocycles. The van der Waals surface area contributed by atoms with E-state index in [1.807, 2.05) is 62.4 Å². The van der Waals surface area contributed by atoms with Crippen molar-refractivity contribution in [3.8, 4) is 5.75 Å². The average Bonchev–Trinajstić information content (AvgIpc) is 2.93. The standard InChI is InChI=1S/C21H20N2O3S2/c1-3-26-17-10-6-15(7-11-17)12-18-20(25)23(21(27)28-18)13-19(24)22-16-8-4-14(2)5-9-16/h4-12H,3,13H2,1-2H3,(H,22,24). The predicted octanol–water partition coefficient (Wildman–Crippen LogP) is 4.23. The topological polar surface area (TPSA) is 58.6 Å². The van der Waals surface area contributed by atoms with Crippen LogP contribution in [0.1, 0.15) is 18.1 Å². The Labute approximate surface area is 173 Å². The molecular weight excluding hydrogens is 392 g/mol. The van der Waals surface area contributed by atoms with Crippen molar-refractivity contribution in [2.75, 3.05) is 18.5 Å². The van der Waals surface area contributed by atoms with E-state index in [1.54, 1.807) is 6.08 Å². The highest BCUT2D eigenvalue weighted by Gasteiger charge is 2.33. The molecular formula is C21H20N2O3S2. The van der Waals surface area contributed by atoms with Gasteiger partial charge in [0.1, 0.15) is 16.6 Å². The van der Waals surface area contributed by atoms with Gasteiger partial charge in [0.05, 0.1) is 11.5 Å². The monoisotopic (exact) mass is 412 g/mol. The van der Waals surface area contributed by atoms with Crippen molar-refractivity contribution in [2.45, 2.75) is 13.8 Å². The van der Waals surface area contributed by atoms with Gasteiger partial charge in [0.15, 0.2) is 0 Å². The first-order valence-electron chi connectivity index (χ1n) is 8.81. The minimum atomic E-state index is -0.289. The Kier molecular flexibility index (Phi) is 6.49. The molecule has 2 aromatic rings. The van der Waals surface area contributed by atoms with E-state index in [4.69, 9.17) is 17.0 Å².